The first-order chi connectivity index (χ1) is 8.29. The third kappa shape index (κ3) is 2.48. The molecule has 0 N–H and O–H groups in total. The lowest BCUT2D eigenvalue weighted by molar-refractivity contribution is 0.0509. The normalized spacial score (nSPS) is 19.6. The first kappa shape index (κ1) is 13.3. The van der Waals surface area contributed by atoms with Gasteiger partial charge in [-0.25, -0.2) is 4.79 Å². The first-order valence-corrected chi connectivity index (χ1v) is 6.69. The molecule has 1 aromatic rings. The second kappa shape index (κ2) is 4.50. The Labute approximate surface area is 114 Å². The van der Waals surface area contributed by atoms with Crippen molar-refractivity contribution in [2.24, 2.45) is 0 Å². The van der Waals surface area contributed by atoms with E-state index in [4.69, 9.17) is 4.74 Å². The molecule has 0 aliphatic heterocycles. The number of ketones is 1. The molecule has 5 nitrogen and oxygen atoms in total. The number of Topliss-reactive ketones (excluding diaryl/α,β-unsaturated/α-hetero) is 1. The first-order valence-electron chi connectivity index (χ1n) is 5.78. The van der Waals surface area contributed by atoms with E-state index in [1.807, 2.05) is 0 Å². The molecule has 0 spiro atoms. The lowest BCUT2D eigenvalue weighted by Crippen LogP contribution is -2.30. The average molecular weight is 315 g/mol. The highest BCUT2D eigenvalue weighted by Crippen LogP contribution is 2.26. The highest BCUT2D eigenvalue weighted by molar-refractivity contribution is 9.10. The fourth-order valence-corrected chi connectivity index (χ4v) is 2.32. The molecule has 98 valence electrons. The smallest absolute Gasteiger partial charge is 0.435 e. The summed E-state index contributed by atoms with van der Waals surface area (Å²) in [5, 5.41) is 3.97. The number of aromatic nitrogens is 2. The average Bonchev–Trinajstić information content (AvgIpc) is 2.65. The number of rotatable bonds is 0. The maximum absolute atomic E-state index is 11.9. The van der Waals surface area contributed by atoms with Crippen molar-refractivity contribution in [3.8, 4) is 0 Å². The molecule has 1 atom stereocenters. The minimum atomic E-state index is -0.577. The molecule has 6 heteroatoms. The molecule has 1 aromatic heterocycles. The molecule has 0 saturated carbocycles. The number of hydrogen-bond acceptors (Lipinski definition) is 4. The number of hydrogen-bond donors (Lipinski definition) is 0. The Morgan fingerprint density at radius 1 is 1.56 bits per heavy atom. The van der Waals surface area contributed by atoms with Gasteiger partial charge in [0.25, 0.3) is 0 Å². The third-order valence-corrected chi connectivity index (χ3v) is 3.49. The van der Waals surface area contributed by atoms with Crippen LogP contribution in [0.1, 0.15) is 43.2 Å². The fourth-order valence-electron chi connectivity index (χ4n) is 1.85. The number of ether oxygens (including phenoxy) is 1. The standard InChI is InChI=1S/C12H15BrN2O3/c1-12(2,3)18-11(17)15-9-5-4-8(13)10(16)7(9)6-14-15/h6,8H,4-5H2,1-3H3. The Morgan fingerprint density at radius 2 is 2.22 bits per heavy atom. The number of fused-ring (bicyclic) bond motifs is 1. The van der Waals surface area contributed by atoms with Gasteiger partial charge in [0.05, 0.1) is 22.3 Å². The second-order valence-corrected chi connectivity index (χ2v) is 6.37. The predicted molar refractivity (Wildman–Crippen MR) is 69.2 cm³/mol. The van der Waals surface area contributed by atoms with Crippen molar-refractivity contribution in [2.75, 3.05) is 0 Å². The molecule has 1 aliphatic carbocycles. The number of nitrogens with zero attached hydrogens (tertiary/aromatic N) is 2. The van der Waals surface area contributed by atoms with Gasteiger partial charge < -0.3 is 4.74 Å². The van der Waals surface area contributed by atoms with Crippen LogP contribution in [-0.4, -0.2) is 32.1 Å². The monoisotopic (exact) mass is 314 g/mol. The molecule has 18 heavy (non-hydrogen) atoms. The summed E-state index contributed by atoms with van der Waals surface area (Å²) >= 11 is 3.32. The van der Waals surface area contributed by atoms with E-state index in [0.29, 0.717) is 24.1 Å². The fraction of sp³-hybridized carbons (Fsp3) is 0.583. The SMILES string of the molecule is CC(C)(C)OC(=O)n1ncc2c1CCC(Br)C2=O. The van der Waals surface area contributed by atoms with E-state index in [1.54, 1.807) is 20.8 Å². The number of halogens is 1. The summed E-state index contributed by atoms with van der Waals surface area (Å²) in [6, 6.07) is 0. The third-order valence-electron chi connectivity index (χ3n) is 2.62. The Kier molecular flexibility index (Phi) is 3.31. The maximum atomic E-state index is 11.9. The van der Waals surface area contributed by atoms with Crippen LogP contribution in [0.15, 0.2) is 6.20 Å². The number of alkyl halides is 1. The van der Waals surface area contributed by atoms with Crippen LogP contribution in [0.5, 0.6) is 0 Å². The quantitative estimate of drug-likeness (QED) is 0.690. The van der Waals surface area contributed by atoms with Crippen LogP contribution < -0.4 is 0 Å². The molecular formula is C12H15BrN2O3. The Hall–Kier alpha value is -1.17. The zero-order valence-electron chi connectivity index (χ0n) is 10.6. The van der Waals surface area contributed by atoms with E-state index < -0.39 is 11.7 Å². The van der Waals surface area contributed by atoms with Crippen LogP contribution in [0.3, 0.4) is 0 Å². The van der Waals surface area contributed by atoms with Crippen molar-refractivity contribution < 1.29 is 14.3 Å². The summed E-state index contributed by atoms with van der Waals surface area (Å²) in [5.74, 6) is -0.0222. The van der Waals surface area contributed by atoms with Crippen LogP contribution in [-0.2, 0) is 11.2 Å². The summed E-state index contributed by atoms with van der Waals surface area (Å²) < 4.78 is 6.44. The van der Waals surface area contributed by atoms with Gasteiger partial charge >= 0.3 is 6.09 Å². The van der Waals surface area contributed by atoms with Gasteiger partial charge in [-0.1, -0.05) is 15.9 Å². The largest absolute Gasteiger partial charge is 0.442 e. The summed E-state index contributed by atoms with van der Waals surface area (Å²) in [5.41, 5.74) is 0.575. The highest BCUT2D eigenvalue weighted by Gasteiger charge is 2.31. The highest BCUT2D eigenvalue weighted by atomic mass is 79.9. The zero-order chi connectivity index (χ0) is 13.5. The summed E-state index contributed by atoms with van der Waals surface area (Å²) in [7, 11) is 0. The van der Waals surface area contributed by atoms with Gasteiger partial charge in [0.2, 0.25) is 0 Å². The Bertz CT molecular complexity index is 502. The van der Waals surface area contributed by atoms with Gasteiger partial charge in [0.1, 0.15) is 5.60 Å². The van der Waals surface area contributed by atoms with Crippen LogP contribution in [0.2, 0.25) is 0 Å². The molecule has 0 bridgehead atoms. The van der Waals surface area contributed by atoms with E-state index in [2.05, 4.69) is 21.0 Å². The minimum Gasteiger partial charge on any atom is -0.442 e. The van der Waals surface area contributed by atoms with Gasteiger partial charge in [-0.2, -0.15) is 9.78 Å². The second-order valence-electron chi connectivity index (χ2n) is 5.27. The van der Waals surface area contributed by atoms with Crippen LogP contribution in [0, 0.1) is 0 Å². The van der Waals surface area contributed by atoms with Crippen molar-refractivity contribution >= 4 is 27.8 Å². The predicted octanol–water partition coefficient (Wildman–Crippen LogP) is 2.56. The molecule has 1 heterocycles. The molecule has 0 amide bonds. The van der Waals surface area contributed by atoms with E-state index in [9.17, 15) is 9.59 Å². The van der Waals surface area contributed by atoms with Gasteiger partial charge in [-0.15, -0.1) is 0 Å². The Morgan fingerprint density at radius 3 is 2.83 bits per heavy atom. The van der Waals surface area contributed by atoms with E-state index >= 15 is 0 Å². The van der Waals surface area contributed by atoms with Gasteiger partial charge in [-0.3, -0.25) is 4.79 Å². The molecule has 2 rings (SSSR count). The molecule has 0 saturated heterocycles. The number of carbonyl (C=O) groups excluding carboxylic acids is 2. The van der Waals surface area contributed by atoms with Gasteiger partial charge in [-0.05, 0) is 33.6 Å². The van der Waals surface area contributed by atoms with Crippen molar-refractivity contribution in [3.63, 3.8) is 0 Å². The lowest BCUT2D eigenvalue weighted by atomic mass is 9.97. The minimum absolute atomic E-state index is 0.0222. The van der Waals surface area contributed by atoms with Crippen molar-refractivity contribution in [2.45, 2.75) is 44.0 Å². The molecule has 0 aromatic carbocycles. The van der Waals surface area contributed by atoms with Crippen molar-refractivity contribution in [1.29, 1.82) is 0 Å². The maximum Gasteiger partial charge on any atom is 0.435 e. The van der Waals surface area contributed by atoms with Crippen molar-refractivity contribution in [1.82, 2.24) is 9.78 Å². The molecular weight excluding hydrogens is 300 g/mol. The lowest BCUT2D eigenvalue weighted by Gasteiger charge is -2.21. The number of carbonyl (C=O) groups is 2. The van der Waals surface area contributed by atoms with Crippen LogP contribution >= 0.6 is 15.9 Å². The molecule has 0 fully saturated rings. The summed E-state index contributed by atoms with van der Waals surface area (Å²) in [6.45, 7) is 5.38. The topological polar surface area (TPSA) is 61.2 Å². The van der Waals surface area contributed by atoms with Gasteiger partial charge in [0, 0.05) is 0 Å². The van der Waals surface area contributed by atoms with E-state index in [0.717, 1.165) is 0 Å². The summed E-state index contributed by atoms with van der Waals surface area (Å²) in [6.07, 6.45) is 2.20. The van der Waals surface area contributed by atoms with Gasteiger partial charge in [0.15, 0.2) is 5.78 Å². The zero-order valence-corrected chi connectivity index (χ0v) is 12.2. The summed E-state index contributed by atoms with van der Waals surface area (Å²) in [4.78, 5) is 23.6. The van der Waals surface area contributed by atoms with E-state index in [1.165, 1.54) is 10.9 Å². The Balaban J connectivity index is 2.30. The molecule has 1 unspecified atom stereocenters. The molecule has 0 radical (unpaired) electrons. The van der Waals surface area contributed by atoms with Crippen molar-refractivity contribution in [3.05, 3.63) is 17.5 Å². The van der Waals surface area contributed by atoms with Crippen LogP contribution in [0.25, 0.3) is 0 Å². The molecule has 1 aliphatic rings. The van der Waals surface area contributed by atoms with E-state index in [-0.39, 0.29) is 10.6 Å². The van der Waals surface area contributed by atoms with Crippen LogP contribution in [0.4, 0.5) is 4.79 Å².